The van der Waals surface area contributed by atoms with Crippen LogP contribution in [0.25, 0.3) is 0 Å². The van der Waals surface area contributed by atoms with Crippen molar-refractivity contribution in [3.05, 3.63) is 40.6 Å². The second-order valence-electron chi connectivity index (χ2n) is 4.26. The number of aromatic amines is 1. The summed E-state index contributed by atoms with van der Waals surface area (Å²) >= 11 is 1.75. The number of aromatic nitrogens is 2. The molecule has 0 aliphatic heterocycles. The van der Waals surface area contributed by atoms with Gasteiger partial charge in [-0.3, -0.25) is 4.90 Å². The van der Waals surface area contributed by atoms with Crippen LogP contribution in [0.15, 0.2) is 29.9 Å². The molecule has 0 saturated carbocycles. The molecule has 2 N–H and O–H groups in total. The second-order valence-corrected chi connectivity index (χ2v) is 5.30. The third kappa shape index (κ3) is 3.41. The monoisotopic (exact) mass is 265 g/mol. The molecule has 0 aliphatic rings. The third-order valence-electron chi connectivity index (χ3n) is 3.05. The van der Waals surface area contributed by atoms with Crippen molar-refractivity contribution in [2.45, 2.75) is 32.5 Å². The van der Waals surface area contributed by atoms with Crippen LogP contribution in [0.1, 0.15) is 24.0 Å². The zero-order chi connectivity index (χ0) is 12.8. The molecule has 0 aromatic carbocycles. The van der Waals surface area contributed by atoms with Crippen molar-refractivity contribution in [2.75, 3.05) is 6.61 Å². The van der Waals surface area contributed by atoms with Gasteiger partial charge in [0.05, 0.1) is 13.2 Å². The van der Waals surface area contributed by atoms with Gasteiger partial charge in [0.15, 0.2) is 0 Å². The fraction of sp³-hybridized carbons (Fsp3) is 0.462. The predicted molar refractivity (Wildman–Crippen MR) is 73.3 cm³/mol. The number of aliphatic hydroxyl groups excluding tert-OH is 1. The first-order valence-electron chi connectivity index (χ1n) is 6.19. The lowest BCUT2D eigenvalue weighted by Gasteiger charge is -2.28. The van der Waals surface area contributed by atoms with Gasteiger partial charge >= 0.3 is 0 Å². The Labute approximate surface area is 111 Å². The summed E-state index contributed by atoms with van der Waals surface area (Å²) in [6.45, 7) is 3.88. The van der Waals surface area contributed by atoms with Crippen LogP contribution in [-0.2, 0) is 13.1 Å². The van der Waals surface area contributed by atoms with Gasteiger partial charge in [-0.25, -0.2) is 4.98 Å². The number of nitrogens with zero attached hydrogens (tertiary/aromatic N) is 2. The lowest BCUT2D eigenvalue weighted by atomic mass is 10.2. The van der Waals surface area contributed by atoms with Crippen LogP contribution < -0.4 is 0 Å². The molecule has 0 bridgehead atoms. The highest BCUT2D eigenvalue weighted by Crippen LogP contribution is 2.17. The maximum atomic E-state index is 9.48. The minimum atomic E-state index is 0.178. The molecule has 0 aliphatic carbocycles. The van der Waals surface area contributed by atoms with Crippen molar-refractivity contribution in [1.29, 1.82) is 0 Å². The van der Waals surface area contributed by atoms with Gasteiger partial charge in [0.25, 0.3) is 0 Å². The number of rotatable bonds is 7. The number of aliphatic hydroxyl groups is 1. The summed E-state index contributed by atoms with van der Waals surface area (Å²) < 4.78 is 0. The van der Waals surface area contributed by atoms with E-state index in [1.807, 2.05) is 6.20 Å². The highest BCUT2D eigenvalue weighted by atomic mass is 32.1. The average molecular weight is 265 g/mol. The van der Waals surface area contributed by atoms with Crippen LogP contribution >= 0.6 is 11.3 Å². The molecular weight excluding hydrogens is 246 g/mol. The molecule has 1 atom stereocenters. The first kappa shape index (κ1) is 13.3. The quantitative estimate of drug-likeness (QED) is 0.807. The van der Waals surface area contributed by atoms with E-state index in [0.29, 0.717) is 0 Å². The topological polar surface area (TPSA) is 52.1 Å². The van der Waals surface area contributed by atoms with Crippen LogP contribution in [-0.4, -0.2) is 32.6 Å². The highest BCUT2D eigenvalue weighted by Gasteiger charge is 2.18. The van der Waals surface area contributed by atoms with Gasteiger partial charge < -0.3 is 10.1 Å². The Morgan fingerprint density at radius 2 is 2.39 bits per heavy atom. The number of thiophene rings is 1. The minimum absolute atomic E-state index is 0.178. The molecule has 0 radical (unpaired) electrons. The zero-order valence-corrected chi connectivity index (χ0v) is 11.4. The molecule has 0 spiro atoms. The average Bonchev–Trinajstić information content (AvgIpc) is 3.03. The van der Waals surface area contributed by atoms with Gasteiger partial charge in [-0.1, -0.05) is 13.0 Å². The standard InChI is InChI=1S/C13H19N3OS/c1-2-11(10-17)16(8-12-4-3-7-18-12)9-13-14-5-6-15-13/h3-7,11,17H,2,8-10H2,1H3,(H,14,15)/t11-/m1/s1. The molecule has 2 aromatic rings. The molecule has 2 heterocycles. The first-order chi connectivity index (χ1) is 8.83. The van der Waals surface area contributed by atoms with Gasteiger partial charge in [0, 0.05) is 29.9 Å². The van der Waals surface area contributed by atoms with E-state index in [0.717, 1.165) is 25.3 Å². The van der Waals surface area contributed by atoms with Crippen LogP contribution in [0, 0.1) is 0 Å². The number of hydrogen-bond acceptors (Lipinski definition) is 4. The Kier molecular flexibility index (Phi) is 4.92. The van der Waals surface area contributed by atoms with Gasteiger partial charge in [0.2, 0.25) is 0 Å². The van der Waals surface area contributed by atoms with Crippen LogP contribution in [0.2, 0.25) is 0 Å². The van der Waals surface area contributed by atoms with E-state index in [9.17, 15) is 5.11 Å². The van der Waals surface area contributed by atoms with E-state index >= 15 is 0 Å². The van der Waals surface area contributed by atoms with Crippen LogP contribution in [0.5, 0.6) is 0 Å². The SMILES string of the molecule is CC[C@H](CO)N(Cc1ncc[nH]1)Cc1cccs1. The van der Waals surface area contributed by atoms with Crippen LogP contribution in [0.3, 0.4) is 0 Å². The van der Waals surface area contributed by atoms with Crippen molar-refractivity contribution in [1.82, 2.24) is 14.9 Å². The molecule has 0 unspecified atom stereocenters. The van der Waals surface area contributed by atoms with E-state index in [1.54, 1.807) is 17.5 Å². The van der Waals surface area contributed by atoms with Crippen LogP contribution in [0.4, 0.5) is 0 Å². The summed E-state index contributed by atoms with van der Waals surface area (Å²) in [6.07, 6.45) is 4.53. The largest absolute Gasteiger partial charge is 0.395 e. The second kappa shape index (κ2) is 6.68. The Morgan fingerprint density at radius 1 is 1.50 bits per heavy atom. The molecule has 0 fully saturated rings. The molecule has 2 aromatic heterocycles. The number of imidazole rings is 1. The molecule has 5 heteroatoms. The van der Waals surface area contributed by atoms with Crippen molar-refractivity contribution in [2.24, 2.45) is 0 Å². The summed E-state index contributed by atoms with van der Waals surface area (Å²) in [7, 11) is 0. The zero-order valence-electron chi connectivity index (χ0n) is 10.5. The van der Waals surface area contributed by atoms with E-state index in [4.69, 9.17) is 0 Å². The molecular formula is C13H19N3OS. The Bertz CT molecular complexity index is 387. The minimum Gasteiger partial charge on any atom is -0.395 e. The lowest BCUT2D eigenvalue weighted by Crippen LogP contribution is -2.36. The Morgan fingerprint density at radius 3 is 2.94 bits per heavy atom. The van der Waals surface area contributed by atoms with E-state index in [-0.39, 0.29) is 12.6 Å². The van der Waals surface area contributed by atoms with E-state index in [1.165, 1.54) is 4.88 Å². The molecule has 2 rings (SSSR count). The fourth-order valence-electron chi connectivity index (χ4n) is 2.00. The van der Waals surface area contributed by atoms with E-state index in [2.05, 4.69) is 39.3 Å². The normalized spacial score (nSPS) is 13.1. The first-order valence-corrected chi connectivity index (χ1v) is 7.07. The molecule has 0 amide bonds. The summed E-state index contributed by atoms with van der Waals surface area (Å²) in [6, 6.07) is 4.37. The number of hydrogen-bond donors (Lipinski definition) is 2. The van der Waals surface area contributed by atoms with Gasteiger partial charge in [-0.15, -0.1) is 11.3 Å². The fourth-order valence-corrected chi connectivity index (χ4v) is 2.73. The van der Waals surface area contributed by atoms with Gasteiger partial charge in [-0.05, 0) is 17.9 Å². The summed E-state index contributed by atoms with van der Waals surface area (Å²) in [5.74, 6) is 0.943. The van der Waals surface area contributed by atoms with Crippen molar-refractivity contribution < 1.29 is 5.11 Å². The molecule has 4 nitrogen and oxygen atoms in total. The van der Waals surface area contributed by atoms with Crippen molar-refractivity contribution >= 4 is 11.3 Å². The third-order valence-corrected chi connectivity index (χ3v) is 3.91. The van der Waals surface area contributed by atoms with Gasteiger partial charge in [-0.2, -0.15) is 0 Å². The van der Waals surface area contributed by atoms with E-state index < -0.39 is 0 Å². The van der Waals surface area contributed by atoms with Crippen molar-refractivity contribution in [3.8, 4) is 0 Å². The summed E-state index contributed by atoms with van der Waals surface area (Å²) in [4.78, 5) is 11.0. The number of nitrogens with one attached hydrogen (secondary N) is 1. The highest BCUT2D eigenvalue weighted by molar-refractivity contribution is 7.09. The van der Waals surface area contributed by atoms with Crippen molar-refractivity contribution in [3.63, 3.8) is 0 Å². The molecule has 0 saturated heterocycles. The Hall–Kier alpha value is -1.17. The predicted octanol–water partition coefficient (Wildman–Crippen LogP) is 2.24. The smallest absolute Gasteiger partial charge is 0.120 e. The molecule has 98 valence electrons. The molecule has 18 heavy (non-hydrogen) atoms. The maximum Gasteiger partial charge on any atom is 0.120 e. The Balaban J connectivity index is 2.06. The summed E-state index contributed by atoms with van der Waals surface area (Å²) in [5.41, 5.74) is 0. The van der Waals surface area contributed by atoms with Gasteiger partial charge in [0.1, 0.15) is 5.82 Å². The summed E-state index contributed by atoms with van der Waals surface area (Å²) in [5, 5.41) is 11.6. The lowest BCUT2D eigenvalue weighted by molar-refractivity contribution is 0.105. The maximum absolute atomic E-state index is 9.48. The number of H-pyrrole nitrogens is 1.